The van der Waals surface area contributed by atoms with E-state index in [0.29, 0.717) is 6.04 Å². The molecule has 0 spiro atoms. The van der Waals surface area contributed by atoms with Crippen LogP contribution in [0.1, 0.15) is 25.6 Å². The zero-order valence-electron chi connectivity index (χ0n) is 14.7. The third kappa shape index (κ3) is 4.30. The van der Waals surface area contributed by atoms with Crippen molar-refractivity contribution in [2.45, 2.75) is 32.5 Å². The fraction of sp³-hybridized carbons (Fsp3) is 0.588. The van der Waals surface area contributed by atoms with Gasteiger partial charge < -0.3 is 9.64 Å². The van der Waals surface area contributed by atoms with E-state index in [4.69, 9.17) is 4.74 Å². The highest BCUT2D eigenvalue weighted by Crippen LogP contribution is 2.13. The Hall–Kier alpha value is -1.99. The molecule has 1 aliphatic rings. The molecular weight excluding hydrogens is 304 g/mol. The lowest BCUT2D eigenvalue weighted by atomic mass is 10.2. The maximum atomic E-state index is 5.92. The van der Waals surface area contributed by atoms with Gasteiger partial charge in [-0.1, -0.05) is 0 Å². The summed E-state index contributed by atoms with van der Waals surface area (Å²) in [6, 6.07) is 6.37. The molecule has 0 aromatic carbocycles. The molecule has 2 aromatic rings. The average Bonchev–Trinajstić information content (AvgIpc) is 3.05. The number of anilines is 1. The van der Waals surface area contributed by atoms with Gasteiger partial charge in [-0.15, -0.1) is 5.10 Å². The zero-order valence-corrected chi connectivity index (χ0v) is 14.7. The van der Waals surface area contributed by atoms with Crippen LogP contribution in [0.25, 0.3) is 0 Å². The van der Waals surface area contributed by atoms with E-state index in [0.717, 1.165) is 44.3 Å². The van der Waals surface area contributed by atoms with Crippen LogP contribution < -0.4 is 4.90 Å². The summed E-state index contributed by atoms with van der Waals surface area (Å²) >= 11 is 0. The third-order valence-corrected chi connectivity index (χ3v) is 4.23. The normalized spacial score (nSPS) is 18.9. The van der Waals surface area contributed by atoms with E-state index in [9.17, 15) is 0 Å². The number of nitrogens with zero attached hydrogens (tertiary/aromatic N) is 6. The second-order valence-corrected chi connectivity index (χ2v) is 6.57. The van der Waals surface area contributed by atoms with E-state index in [1.165, 1.54) is 0 Å². The molecule has 1 unspecified atom stereocenters. The van der Waals surface area contributed by atoms with Crippen LogP contribution in [-0.4, -0.2) is 64.3 Å². The van der Waals surface area contributed by atoms with E-state index in [2.05, 4.69) is 51.2 Å². The minimum absolute atomic E-state index is 0.165. The first-order chi connectivity index (χ1) is 11.6. The Morgan fingerprint density at radius 2 is 2.25 bits per heavy atom. The first kappa shape index (κ1) is 16.9. The van der Waals surface area contributed by atoms with Crippen LogP contribution in [0.5, 0.6) is 0 Å². The monoisotopic (exact) mass is 330 g/mol. The number of likely N-dealkylation sites (N-methyl/N-ethyl adjacent to an activating group) is 1. The SMILES string of the molecule is CC(C)n1ccc(CN2CCOC(CN(C)c3cccnn3)C2)n1. The quantitative estimate of drug-likeness (QED) is 0.802. The fourth-order valence-corrected chi connectivity index (χ4v) is 2.91. The second-order valence-electron chi connectivity index (χ2n) is 6.57. The Labute approximate surface area is 143 Å². The van der Waals surface area contributed by atoms with Crippen molar-refractivity contribution in [1.82, 2.24) is 24.9 Å². The molecule has 0 aliphatic carbocycles. The molecule has 1 fully saturated rings. The largest absolute Gasteiger partial charge is 0.374 e. The molecule has 0 saturated carbocycles. The van der Waals surface area contributed by atoms with Crippen molar-refractivity contribution in [2.24, 2.45) is 0 Å². The summed E-state index contributed by atoms with van der Waals surface area (Å²) in [4.78, 5) is 4.50. The molecule has 3 rings (SSSR count). The van der Waals surface area contributed by atoms with Crippen LogP contribution in [0.15, 0.2) is 30.6 Å². The maximum absolute atomic E-state index is 5.92. The van der Waals surface area contributed by atoms with Gasteiger partial charge in [0.25, 0.3) is 0 Å². The van der Waals surface area contributed by atoms with E-state index in [1.54, 1.807) is 6.20 Å². The van der Waals surface area contributed by atoms with Gasteiger partial charge in [-0.25, -0.2) is 0 Å². The van der Waals surface area contributed by atoms with Gasteiger partial charge in [0.2, 0.25) is 0 Å². The summed E-state index contributed by atoms with van der Waals surface area (Å²) in [5, 5.41) is 12.7. The van der Waals surface area contributed by atoms with E-state index in [-0.39, 0.29) is 6.10 Å². The summed E-state index contributed by atoms with van der Waals surface area (Å²) in [5.41, 5.74) is 1.12. The minimum Gasteiger partial charge on any atom is -0.374 e. The molecule has 7 heteroatoms. The maximum Gasteiger partial charge on any atom is 0.151 e. The van der Waals surface area contributed by atoms with Crippen molar-refractivity contribution in [1.29, 1.82) is 0 Å². The van der Waals surface area contributed by atoms with Gasteiger partial charge >= 0.3 is 0 Å². The predicted molar refractivity (Wildman–Crippen MR) is 92.9 cm³/mol. The molecule has 1 saturated heterocycles. The molecule has 7 nitrogen and oxygen atoms in total. The molecule has 0 radical (unpaired) electrons. The van der Waals surface area contributed by atoms with Crippen LogP contribution in [0.3, 0.4) is 0 Å². The van der Waals surface area contributed by atoms with Crippen molar-refractivity contribution >= 4 is 5.82 Å². The van der Waals surface area contributed by atoms with E-state index >= 15 is 0 Å². The minimum atomic E-state index is 0.165. The Morgan fingerprint density at radius 1 is 1.38 bits per heavy atom. The molecule has 2 aromatic heterocycles. The highest BCUT2D eigenvalue weighted by molar-refractivity contribution is 5.35. The predicted octanol–water partition coefficient (Wildman–Crippen LogP) is 1.59. The van der Waals surface area contributed by atoms with Gasteiger partial charge in [0, 0.05) is 51.7 Å². The Bertz CT molecular complexity index is 629. The molecule has 1 aliphatic heterocycles. The molecule has 24 heavy (non-hydrogen) atoms. The van der Waals surface area contributed by atoms with Crippen LogP contribution in [0.4, 0.5) is 5.82 Å². The zero-order chi connectivity index (χ0) is 16.9. The van der Waals surface area contributed by atoms with Gasteiger partial charge in [-0.3, -0.25) is 9.58 Å². The second kappa shape index (κ2) is 7.72. The van der Waals surface area contributed by atoms with Gasteiger partial charge in [0.1, 0.15) is 0 Å². The molecule has 0 bridgehead atoms. The number of aromatic nitrogens is 4. The highest BCUT2D eigenvalue weighted by Gasteiger charge is 2.23. The van der Waals surface area contributed by atoms with Gasteiger partial charge in [-0.05, 0) is 32.0 Å². The summed E-state index contributed by atoms with van der Waals surface area (Å²) < 4.78 is 7.93. The summed E-state index contributed by atoms with van der Waals surface area (Å²) in [7, 11) is 2.02. The third-order valence-electron chi connectivity index (χ3n) is 4.23. The standard InChI is InChI=1S/C17H26N6O/c1-14(2)23-8-6-15(20-23)11-22-9-10-24-16(13-22)12-21(3)17-5-4-7-18-19-17/h4-8,14,16H,9-13H2,1-3H3. The van der Waals surface area contributed by atoms with Crippen LogP contribution in [-0.2, 0) is 11.3 Å². The number of hydrogen-bond acceptors (Lipinski definition) is 6. The number of ether oxygens (including phenoxy) is 1. The lowest BCUT2D eigenvalue weighted by Gasteiger charge is -2.34. The lowest BCUT2D eigenvalue weighted by Crippen LogP contribution is -2.46. The van der Waals surface area contributed by atoms with Crippen LogP contribution >= 0.6 is 0 Å². The Morgan fingerprint density at radius 3 is 2.96 bits per heavy atom. The van der Waals surface area contributed by atoms with Crippen molar-refractivity contribution in [3.63, 3.8) is 0 Å². The van der Waals surface area contributed by atoms with Crippen LogP contribution in [0, 0.1) is 0 Å². The number of hydrogen-bond donors (Lipinski definition) is 0. The smallest absolute Gasteiger partial charge is 0.151 e. The van der Waals surface area contributed by atoms with Gasteiger partial charge in [-0.2, -0.15) is 10.2 Å². The summed E-state index contributed by atoms with van der Waals surface area (Å²) in [5.74, 6) is 0.869. The Kier molecular flexibility index (Phi) is 5.42. The Balaban J connectivity index is 1.54. The van der Waals surface area contributed by atoms with Crippen molar-refractivity contribution < 1.29 is 4.74 Å². The summed E-state index contributed by atoms with van der Waals surface area (Å²) in [6.07, 6.45) is 3.91. The molecule has 1 atom stereocenters. The number of morpholine rings is 1. The molecule has 0 amide bonds. The molecule has 0 N–H and O–H groups in total. The molecule has 130 valence electrons. The fourth-order valence-electron chi connectivity index (χ4n) is 2.91. The topological polar surface area (TPSA) is 59.3 Å². The van der Waals surface area contributed by atoms with E-state index < -0.39 is 0 Å². The molecular formula is C17H26N6O. The lowest BCUT2D eigenvalue weighted by molar-refractivity contribution is -0.0269. The van der Waals surface area contributed by atoms with Crippen molar-refractivity contribution in [3.05, 3.63) is 36.3 Å². The first-order valence-electron chi connectivity index (χ1n) is 8.48. The molecule has 3 heterocycles. The number of rotatable bonds is 6. The summed E-state index contributed by atoms with van der Waals surface area (Å²) in [6.45, 7) is 8.56. The van der Waals surface area contributed by atoms with Gasteiger partial charge in [0.05, 0.1) is 18.4 Å². The highest BCUT2D eigenvalue weighted by atomic mass is 16.5. The van der Waals surface area contributed by atoms with Crippen molar-refractivity contribution in [2.75, 3.05) is 38.2 Å². The van der Waals surface area contributed by atoms with Crippen LogP contribution in [0.2, 0.25) is 0 Å². The van der Waals surface area contributed by atoms with E-state index in [1.807, 2.05) is 23.9 Å². The van der Waals surface area contributed by atoms with Gasteiger partial charge in [0.15, 0.2) is 5.82 Å². The average molecular weight is 330 g/mol. The van der Waals surface area contributed by atoms with Crippen molar-refractivity contribution in [3.8, 4) is 0 Å². The first-order valence-corrected chi connectivity index (χ1v) is 8.48.